The van der Waals surface area contributed by atoms with Crippen molar-refractivity contribution >= 4 is 0 Å². The van der Waals surface area contributed by atoms with Crippen LogP contribution in [0.25, 0.3) is 0 Å². The third-order valence-electron chi connectivity index (χ3n) is 4.04. The number of hydrogen-bond donors (Lipinski definition) is 1. The fourth-order valence-electron chi connectivity index (χ4n) is 2.62. The van der Waals surface area contributed by atoms with Crippen molar-refractivity contribution < 1.29 is 5.11 Å². The number of rotatable bonds is 8. The van der Waals surface area contributed by atoms with Gasteiger partial charge in [0.15, 0.2) is 0 Å². The molecule has 0 radical (unpaired) electrons. The first-order chi connectivity index (χ1) is 8.70. The molecule has 0 aliphatic rings. The summed E-state index contributed by atoms with van der Waals surface area (Å²) in [4.78, 5) is 0. The van der Waals surface area contributed by atoms with Gasteiger partial charge in [0, 0.05) is 0 Å². The number of benzene rings is 1. The fourth-order valence-corrected chi connectivity index (χ4v) is 2.62. The average Bonchev–Trinajstić information content (AvgIpc) is 2.39. The molecule has 0 amide bonds. The number of phenolic OH excluding ortho intramolecular Hbond substituents is 1. The van der Waals surface area contributed by atoms with E-state index in [1.165, 1.54) is 38.5 Å². The largest absolute Gasteiger partial charge is 0.508 e. The van der Waals surface area contributed by atoms with Gasteiger partial charge in [-0.3, -0.25) is 0 Å². The standard InChI is InChI=1S/C17H28O/c1-4-6-7-8-11-15(14(3)5-2)16-12-9-10-13-17(16)18/h9-10,12-15,18H,4-8,11H2,1-3H3. The lowest BCUT2D eigenvalue weighted by Crippen LogP contribution is -2.09. The highest BCUT2D eigenvalue weighted by molar-refractivity contribution is 5.35. The van der Waals surface area contributed by atoms with Crippen molar-refractivity contribution in [2.75, 3.05) is 0 Å². The van der Waals surface area contributed by atoms with Gasteiger partial charge in [0.2, 0.25) is 0 Å². The Balaban J connectivity index is 2.69. The molecule has 1 nitrogen and oxygen atoms in total. The lowest BCUT2D eigenvalue weighted by Gasteiger charge is -2.24. The molecule has 1 aromatic rings. The minimum absolute atomic E-state index is 0.471. The Morgan fingerprint density at radius 1 is 1.06 bits per heavy atom. The molecule has 0 bridgehead atoms. The lowest BCUT2D eigenvalue weighted by molar-refractivity contribution is 0.385. The molecule has 1 heteroatoms. The average molecular weight is 248 g/mol. The molecule has 1 N–H and O–H groups in total. The number of aromatic hydroxyl groups is 1. The summed E-state index contributed by atoms with van der Waals surface area (Å²) in [5.41, 5.74) is 1.14. The van der Waals surface area contributed by atoms with Gasteiger partial charge in [-0.2, -0.15) is 0 Å². The van der Waals surface area contributed by atoms with Gasteiger partial charge in [0.25, 0.3) is 0 Å². The molecule has 1 aromatic carbocycles. The normalized spacial score (nSPS) is 14.4. The second-order valence-corrected chi connectivity index (χ2v) is 5.40. The van der Waals surface area contributed by atoms with E-state index in [1.807, 2.05) is 18.2 Å². The van der Waals surface area contributed by atoms with Crippen LogP contribution in [0.15, 0.2) is 24.3 Å². The minimum Gasteiger partial charge on any atom is -0.508 e. The van der Waals surface area contributed by atoms with Gasteiger partial charge < -0.3 is 5.11 Å². The van der Waals surface area contributed by atoms with Crippen molar-refractivity contribution in [1.82, 2.24) is 0 Å². The van der Waals surface area contributed by atoms with Gasteiger partial charge in [-0.05, 0) is 29.9 Å². The highest BCUT2D eigenvalue weighted by atomic mass is 16.3. The summed E-state index contributed by atoms with van der Waals surface area (Å²) in [5.74, 6) is 1.62. The molecular weight excluding hydrogens is 220 g/mol. The summed E-state index contributed by atoms with van der Waals surface area (Å²) in [6.45, 7) is 6.79. The molecule has 102 valence electrons. The zero-order valence-electron chi connectivity index (χ0n) is 12.2. The molecule has 0 spiro atoms. The third kappa shape index (κ3) is 4.36. The maximum Gasteiger partial charge on any atom is 0.119 e. The van der Waals surface area contributed by atoms with E-state index in [4.69, 9.17) is 0 Å². The van der Waals surface area contributed by atoms with Crippen molar-refractivity contribution in [2.24, 2.45) is 5.92 Å². The Morgan fingerprint density at radius 3 is 2.39 bits per heavy atom. The van der Waals surface area contributed by atoms with E-state index in [0.29, 0.717) is 17.6 Å². The predicted molar refractivity (Wildman–Crippen MR) is 79.1 cm³/mol. The van der Waals surface area contributed by atoms with Gasteiger partial charge in [-0.1, -0.05) is 71.1 Å². The maximum absolute atomic E-state index is 10.0. The Morgan fingerprint density at radius 2 is 1.78 bits per heavy atom. The predicted octanol–water partition coefficient (Wildman–Crippen LogP) is 5.49. The first-order valence-corrected chi connectivity index (χ1v) is 7.48. The summed E-state index contributed by atoms with van der Waals surface area (Å²) in [6, 6.07) is 7.85. The second-order valence-electron chi connectivity index (χ2n) is 5.40. The summed E-state index contributed by atoms with van der Waals surface area (Å²) in [6.07, 6.45) is 7.58. The molecule has 0 saturated heterocycles. The Hall–Kier alpha value is -0.980. The van der Waals surface area contributed by atoms with Gasteiger partial charge in [-0.15, -0.1) is 0 Å². The Kier molecular flexibility index (Phi) is 6.85. The van der Waals surface area contributed by atoms with E-state index in [2.05, 4.69) is 26.8 Å². The van der Waals surface area contributed by atoms with Crippen LogP contribution in [0, 0.1) is 5.92 Å². The minimum atomic E-state index is 0.471. The van der Waals surface area contributed by atoms with Crippen LogP contribution in [-0.4, -0.2) is 5.11 Å². The molecule has 0 saturated carbocycles. The van der Waals surface area contributed by atoms with Crippen LogP contribution in [0.1, 0.15) is 70.8 Å². The van der Waals surface area contributed by atoms with Crippen LogP contribution in [0.3, 0.4) is 0 Å². The fraction of sp³-hybridized carbons (Fsp3) is 0.647. The third-order valence-corrected chi connectivity index (χ3v) is 4.04. The molecular formula is C17H28O. The molecule has 18 heavy (non-hydrogen) atoms. The van der Waals surface area contributed by atoms with Gasteiger partial charge >= 0.3 is 0 Å². The quantitative estimate of drug-likeness (QED) is 0.603. The highest BCUT2D eigenvalue weighted by Gasteiger charge is 2.20. The SMILES string of the molecule is CCCCCCC(c1ccccc1O)C(C)CC. The van der Waals surface area contributed by atoms with Crippen molar-refractivity contribution in [2.45, 2.75) is 65.2 Å². The number of hydrogen-bond acceptors (Lipinski definition) is 1. The first kappa shape index (κ1) is 15.1. The molecule has 0 heterocycles. The van der Waals surface area contributed by atoms with Crippen molar-refractivity contribution in [3.8, 4) is 5.75 Å². The van der Waals surface area contributed by atoms with Crippen LogP contribution >= 0.6 is 0 Å². The first-order valence-electron chi connectivity index (χ1n) is 7.48. The van der Waals surface area contributed by atoms with E-state index in [-0.39, 0.29) is 0 Å². The van der Waals surface area contributed by atoms with Crippen molar-refractivity contribution in [3.05, 3.63) is 29.8 Å². The number of phenols is 1. The van der Waals surface area contributed by atoms with E-state index in [0.717, 1.165) is 5.56 Å². The van der Waals surface area contributed by atoms with Crippen LogP contribution < -0.4 is 0 Å². The van der Waals surface area contributed by atoms with Crippen LogP contribution in [-0.2, 0) is 0 Å². The molecule has 0 fully saturated rings. The van der Waals surface area contributed by atoms with Crippen LogP contribution in [0.4, 0.5) is 0 Å². The Bertz CT molecular complexity index is 332. The van der Waals surface area contributed by atoms with Gasteiger partial charge in [0.05, 0.1) is 0 Å². The second kappa shape index (κ2) is 8.18. The summed E-state index contributed by atoms with van der Waals surface area (Å²) in [7, 11) is 0. The monoisotopic (exact) mass is 248 g/mol. The zero-order valence-corrected chi connectivity index (χ0v) is 12.2. The van der Waals surface area contributed by atoms with Crippen molar-refractivity contribution in [1.29, 1.82) is 0 Å². The maximum atomic E-state index is 10.0. The molecule has 0 aromatic heterocycles. The lowest BCUT2D eigenvalue weighted by atomic mass is 9.81. The molecule has 2 unspecified atom stereocenters. The van der Waals surface area contributed by atoms with Gasteiger partial charge in [0.1, 0.15) is 5.75 Å². The van der Waals surface area contributed by atoms with E-state index in [1.54, 1.807) is 0 Å². The molecule has 2 atom stereocenters. The van der Waals surface area contributed by atoms with Crippen LogP contribution in [0.2, 0.25) is 0 Å². The molecule has 0 aliphatic heterocycles. The van der Waals surface area contributed by atoms with Gasteiger partial charge in [-0.25, -0.2) is 0 Å². The smallest absolute Gasteiger partial charge is 0.119 e. The van der Waals surface area contributed by atoms with Crippen molar-refractivity contribution in [3.63, 3.8) is 0 Å². The number of unbranched alkanes of at least 4 members (excludes halogenated alkanes) is 3. The zero-order chi connectivity index (χ0) is 13.4. The van der Waals surface area contributed by atoms with E-state index >= 15 is 0 Å². The molecule has 0 aliphatic carbocycles. The van der Waals surface area contributed by atoms with E-state index < -0.39 is 0 Å². The summed E-state index contributed by atoms with van der Waals surface area (Å²) < 4.78 is 0. The Labute approximate surface area is 112 Å². The highest BCUT2D eigenvalue weighted by Crippen LogP contribution is 2.36. The van der Waals surface area contributed by atoms with Crippen LogP contribution in [0.5, 0.6) is 5.75 Å². The summed E-state index contributed by atoms with van der Waals surface area (Å²) in [5, 5.41) is 10.0. The van der Waals surface area contributed by atoms with E-state index in [9.17, 15) is 5.11 Å². The summed E-state index contributed by atoms with van der Waals surface area (Å²) >= 11 is 0. The number of para-hydroxylation sites is 1. The molecule has 1 rings (SSSR count). The topological polar surface area (TPSA) is 20.2 Å².